The minimum Gasteiger partial charge on any atom is -0.383 e. The van der Waals surface area contributed by atoms with Gasteiger partial charge in [0.1, 0.15) is 0 Å². The lowest BCUT2D eigenvalue weighted by Gasteiger charge is -2.22. The smallest absolute Gasteiger partial charge is 0.0667 e. The van der Waals surface area contributed by atoms with Gasteiger partial charge in [0, 0.05) is 18.7 Å². The summed E-state index contributed by atoms with van der Waals surface area (Å²) in [5.74, 6) is 0. The van der Waals surface area contributed by atoms with E-state index in [1.54, 1.807) is 7.11 Å². The van der Waals surface area contributed by atoms with Gasteiger partial charge >= 0.3 is 0 Å². The van der Waals surface area contributed by atoms with Crippen LogP contribution in [-0.4, -0.2) is 19.8 Å². The van der Waals surface area contributed by atoms with Crippen LogP contribution in [0.15, 0.2) is 72.8 Å². The molecule has 0 saturated heterocycles. The van der Waals surface area contributed by atoms with Gasteiger partial charge in [-0.3, -0.25) is 0 Å². The molecule has 0 heterocycles. The van der Waals surface area contributed by atoms with Crippen LogP contribution in [0, 0.1) is 6.92 Å². The Labute approximate surface area is 172 Å². The number of methoxy groups -OCH3 is 1. The second kappa shape index (κ2) is 10.2. The molecule has 4 heteroatoms. The predicted molar refractivity (Wildman–Crippen MR) is 119 cm³/mol. The molecule has 146 valence electrons. The Balaban J connectivity index is 1.68. The number of benzene rings is 3. The predicted octanol–water partition coefficient (Wildman–Crippen LogP) is 5.93. The van der Waals surface area contributed by atoms with Gasteiger partial charge in [-0.2, -0.15) is 0 Å². The summed E-state index contributed by atoms with van der Waals surface area (Å²) in [6, 6.07) is 25.1. The van der Waals surface area contributed by atoms with Gasteiger partial charge in [0.15, 0.2) is 0 Å². The zero-order valence-electron chi connectivity index (χ0n) is 16.4. The fourth-order valence-corrected chi connectivity index (χ4v) is 3.27. The van der Waals surface area contributed by atoms with Gasteiger partial charge in [-0.1, -0.05) is 65.7 Å². The molecular weight excluding hydrogens is 368 g/mol. The number of hydrogen-bond donors (Lipinski definition) is 2. The Bertz CT molecular complexity index is 863. The van der Waals surface area contributed by atoms with Crippen molar-refractivity contribution in [3.8, 4) is 0 Å². The van der Waals surface area contributed by atoms with E-state index in [0.717, 1.165) is 29.4 Å². The van der Waals surface area contributed by atoms with Crippen LogP contribution in [0.1, 0.15) is 16.7 Å². The van der Waals surface area contributed by atoms with E-state index in [0.29, 0.717) is 6.61 Å². The standard InChI is InChI=1S/C24H27ClN2O/c1-18-7-9-19(10-8-18)15-22(17-28-2)27-24-6-4-3-5-23(24)26-16-20-11-13-21(25)14-12-20/h3-14,22,26-27H,15-17H2,1-2H3/t22-/m0/s1. The molecule has 28 heavy (non-hydrogen) atoms. The largest absolute Gasteiger partial charge is 0.383 e. The molecular formula is C24H27ClN2O. The lowest BCUT2D eigenvalue weighted by atomic mass is 10.0. The molecule has 3 nitrogen and oxygen atoms in total. The van der Waals surface area contributed by atoms with Crippen molar-refractivity contribution in [3.05, 3.63) is 94.5 Å². The van der Waals surface area contributed by atoms with E-state index in [4.69, 9.17) is 16.3 Å². The van der Waals surface area contributed by atoms with Crippen molar-refractivity contribution in [2.75, 3.05) is 24.4 Å². The highest BCUT2D eigenvalue weighted by atomic mass is 35.5. The normalized spacial score (nSPS) is 11.8. The Morgan fingerprint density at radius 1 is 0.857 bits per heavy atom. The number of anilines is 2. The van der Waals surface area contributed by atoms with Crippen LogP contribution >= 0.6 is 11.6 Å². The summed E-state index contributed by atoms with van der Waals surface area (Å²) in [5, 5.41) is 7.92. The maximum absolute atomic E-state index is 5.97. The molecule has 3 aromatic carbocycles. The monoisotopic (exact) mass is 394 g/mol. The summed E-state index contributed by atoms with van der Waals surface area (Å²) in [4.78, 5) is 0. The van der Waals surface area contributed by atoms with Crippen LogP contribution in [0.2, 0.25) is 5.02 Å². The van der Waals surface area contributed by atoms with Crippen molar-refractivity contribution in [1.82, 2.24) is 0 Å². The van der Waals surface area contributed by atoms with Crippen molar-refractivity contribution in [2.45, 2.75) is 25.9 Å². The number of nitrogens with one attached hydrogen (secondary N) is 2. The topological polar surface area (TPSA) is 33.3 Å². The van der Waals surface area contributed by atoms with E-state index >= 15 is 0 Å². The van der Waals surface area contributed by atoms with E-state index in [1.165, 1.54) is 16.7 Å². The lowest BCUT2D eigenvalue weighted by Crippen LogP contribution is -2.28. The molecule has 0 aliphatic rings. The highest BCUT2D eigenvalue weighted by molar-refractivity contribution is 6.30. The Morgan fingerprint density at radius 2 is 1.50 bits per heavy atom. The molecule has 0 radical (unpaired) electrons. The molecule has 0 amide bonds. The number of rotatable bonds is 9. The molecule has 0 aliphatic heterocycles. The van der Waals surface area contributed by atoms with Gasteiger partial charge in [0.2, 0.25) is 0 Å². The van der Waals surface area contributed by atoms with Gasteiger partial charge in [0.25, 0.3) is 0 Å². The van der Waals surface area contributed by atoms with Gasteiger partial charge < -0.3 is 15.4 Å². The van der Waals surface area contributed by atoms with E-state index in [2.05, 4.69) is 54.0 Å². The third-order valence-corrected chi connectivity index (χ3v) is 4.91. The highest BCUT2D eigenvalue weighted by Gasteiger charge is 2.12. The quantitative estimate of drug-likeness (QED) is 0.471. The third kappa shape index (κ3) is 6.01. The molecule has 0 aromatic heterocycles. The van der Waals surface area contributed by atoms with Crippen LogP contribution in [0.25, 0.3) is 0 Å². The first kappa shape index (κ1) is 20.2. The SMILES string of the molecule is COC[C@H](Cc1ccc(C)cc1)Nc1ccccc1NCc1ccc(Cl)cc1. The van der Waals surface area contributed by atoms with Gasteiger partial charge in [0.05, 0.1) is 24.0 Å². The first-order valence-corrected chi connectivity index (χ1v) is 9.90. The molecule has 3 rings (SSSR count). The number of ether oxygens (including phenoxy) is 1. The fraction of sp³-hybridized carbons (Fsp3) is 0.250. The van der Waals surface area contributed by atoms with Crippen molar-refractivity contribution >= 4 is 23.0 Å². The molecule has 0 fully saturated rings. The van der Waals surface area contributed by atoms with E-state index < -0.39 is 0 Å². The van der Waals surface area contributed by atoms with Crippen LogP contribution < -0.4 is 10.6 Å². The number of hydrogen-bond acceptors (Lipinski definition) is 3. The van der Waals surface area contributed by atoms with Crippen molar-refractivity contribution in [2.24, 2.45) is 0 Å². The van der Waals surface area contributed by atoms with Gasteiger partial charge in [-0.15, -0.1) is 0 Å². The average Bonchev–Trinajstić information content (AvgIpc) is 2.70. The fourth-order valence-electron chi connectivity index (χ4n) is 3.14. The van der Waals surface area contributed by atoms with E-state index in [-0.39, 0.29) is 6.04 Å². The summed E-state index contributed by atoms with van der Waals surface area (Å²) in [6.07, 6.45) is 0.902. The van der Waals surface area contributed by atoms with Crippen molar-refractivity contribution in [1.29, 1.82) is 0 Å². The second-order valence-corrected chi connectivity index (χ2v) is 7.45. The first-order valence-electron chi connectivity index (χ1n) is 9.52. The molecule has 0 aliphatic carbocycles. The zero-order chi connectivity index (χ0) is 19.8. The Kier molecular flexibility index (Phi) is 7.35. The molecule has 0 spiro atoms. The summed E-state index contributed by atoms with van der Waals surface area (Å²) >= 11 is 5.97. The summed E-state index contributed by atoms with van der Waals surface area (Å²) in [5.41, 5.74) is 5.91. The highest BCUT2D eigenvalue weighted by Crippen LogP contribution is 2.24. The third-order valence-electron chi connectivity index (χ3n) is 4.65. The average molecular weight is 395 g/mol. The molecule has 2 N–H and O–H groups in total. The maximum Gasteiger partial charge on any atom is 0.0667 e. The Morgan fingerprint density at radius 3 is 2.18 bits per heavy atom. The molecule has 1 atom stereocenters. The number of halogens is 1. The summed E-state index contributed by atoms with van der Waals surface area (Å²) in [6.45, 7) is 3.49. The van der Waals surface area contributed by atoms with Crippen LogP contribution in [0.4, 0.5) is 11.4 Å². The van der Waals surface area contributed by atoms with Gasteiger partial charge in [-0.05, 0) is 48.7 Å². The summed E-state index contributed by atoms with van der Waals surface area (Å²) in [7, 11) is 1.74. The lowest BCUT2D eigenvalue weighted by molar-refractivity contribution is 0.185. The van der Waals surface area contributed by atoms with Crippen molar-refractivity contribution in [3.63, 3.8) is 0 Å². The zero-order valence-corrected chi connectivity index (χ0v) is 17.2. The van der Waals surface area contributed by atoms with Gasteiger partial charge in [-0.25, -0.2) is 0 Å². The molecule has 0 bridgehead atoms. The molecule has 0 saturated carbocycles. The van der Waals surface area contributed by atoms with Crippen LogP contribution in [-0.2, 0) is 17.7 Å². The minimum atomic E-state index is 0.186. The van der Waals surface area contributed by atoms with Crippen LogP contribution in [0.5, 0.6) is 0 Å². The Hall–Kier alpha value is -2.49. The van der Waals surface area contributed by atoms with E-state index in [9.17, 15) is 0 Å². The number of para-hydroxylation sites is 2. The van der Waals surface area contributed by atoms with E-state index in [1.807, 2.05) is 36.4 Å². The van der Waals surface area contributed by atoms with Crippen molar-refractivity contribution < 1.29 is 4.74 Å². The molecule has 0 unspecified atom stereocenters. The maximum atomic E-state index is 5.97. The minimum absolute atomic E-state index is 0.186. The molecule has 3 aromatic rings. The van der Waals surface area contributed by atoms with Crippen LogP contribution in [0.3, 0.4) is 0 Å². The first-order chi connectivity index (χ1) is 13.6. The number of aryl methyl sites for hydroxylation is 1. The second-order valence-electron chi connectivity index (χ2n) is 7.01. The summed E-state index contributed by atoms with van der Waals surface area (Å²) < 4.78 is 5.46.